The van der Waals surface area contributed by atoms with E-state index in [4.69, 9.17) is 0 Å². The quantitative estimate of drug-likeness (QED) is 0.410. The predicted octanol–water partition coefficient (Wildman–Crippen LogP) is 8.44. The van der Waals surface area contributed by atoms with Crippen LogP contribution in [-0.2, 0) is 6.18 Å². The molecule has 0 bridgehead atoms. The first kappa shape index (κ1) is 21.2. The van der Waals surface area contributed by atoms with Gasteiger partial charge in [-0.05, 0) is 60.3 Å². The van der Waals surface area contributed by atoms with Gasteiger partial charge in [0.15, 0.2) is 0 Å². The largest absolute Gasteiger partial charge is 0.416 e. The van der Waals surface area contributed by atoms with Crippen LogP contribution in [0.25, 0.3) is 5.57 Å². The minimum atomic E-state index is -4.27. The minimum absolute atomic E-state index is 0.582. The van der Waals surface area contributed by atoms with Gasteiger partial charge in [0.25, 0.3) is 0 Å². The fourth-order valence-electron chi connectivity index (χ4n) is 4.82. The summed E-state index contributed by atoms with van der Waals surface area (Å²) in [6.45, 7) is 2.26. The molecule has 1 unspecified atom stereocenters. The number of halogens is 3. The van der Waals surface area contributed by atoms with Gasteiger partial charge in [0.05, 0.1) is 5.56 Å². The molecule has 1 aromatic rings. The zero-order chi connectivity index (χ0) is 20.0. The number of hydrogen-bond donors (Lipinski definition) is 0. The smallest absolute Gasteiger partial charge is 0.166 e. The average molecular weight is 391 g/mol. The van der Waals surface area contributed by atoms with Crippen molar-refractivity contribution >= 4 is 5.57 Å². The van der Waals surface area contributed by atoms with Crippen molar-refractivity contribution in [1.29, 1.82) is 0 Å². The van der Waals surface area contributed by atoms with Crippen molar-refractivity contribution < 1.29 is 13.2 Å². The van der Waals surface area contributed by atoms with Crippen LogP contribution < -0.4 is 0 Å². The Kier molecular flexibility index (Phi) is 7.42. The lowest BCUT2D eigenvalue weighted by molar-refractivity contribution is -0.137. The van der Waals surface area contributed by atoms with Crippen LogP contribution in [0.4, 0.5) is 13.2 Å². The molecule has 28 heavy (non-hydrogen) atoms. The number of allylic oxidation sites excluding steroid dienone is 4. The second kappa shape index (κ2) is 9.80. The molecule has 1 atom stereocenters. The molecule has 0 nitrogen and oxygen atoms in total. The summed E-state index contributed by atoms with van der Waals surface area (Å²) in [5, 5.41) is 0. The van der Waals surface area contributed by atoms with Crippen LogP contribution in [0, 0.1) is 17.8 Å². The van der Waals surface area contributed by atoms with Gasteiger partial charge in [0.2, 0.25) is 0 Å². The highest BCUT2D eigenvalue weighted by Crippen LogP contribution is 2.40. The van der Waals surface area contributed by atoms with Crippen molar-refractivity contribution in [3.63, 3.8) is 0 Å². The molecule has 0 radical (unpaired) electrons. The number of rotatable bonds is 7. The zero-order valence-electron chi connectivity index (χ0n) is 17.0. The Bertz CT molecular complexity index is 658. The molecule has 0 amide bonds. The van der Waals surface area contributed by atoms with Crippen molar-refractivity contribution in [2.45, 2.75) is 77.3 Å². The van der Waals surface area contributed by atoms with E-state index in [9.17, 15) is 13.2 Å². The summed E-state index contributed by atoms with van der Waals surface area (Å²) in [5.41, 5.74) is 1.34. The van der Waals surface area contributed by atoms with Gasteiger partial charge in [0.1, 0.15) is 0 Å². The number of hydrogen-bond acceptors (Lipinski definition) is 0. The molecule has 0 spiro atoms. The van der Waals surface area contributed by atoms with Crippen LogP contribution in [0.15, 0.2) is 42.5 Å². The van der Waals surface area contributed by atoms with E-state index >= 15 is 0 Å². The second-order valence-corrected chi connectivity index (χ2v) is 8.62. The van der Waals surface area contributed by atoms with Crippen LogP contribution in [0.2, 0.25) is 0 Å². The Morgan fingerprint density at radius 3 is 2.21 bits per heavy atom. The second-order valence-electron chi connectivity index (χ2n) is 8.62. The normalized spacial score (nSPS) is 25.6. The maximum atomic E-state index is 12.7. The fourth-order valence-corrected chi connectivity index (χ4v) is 4.82. The van der Waals surface area contributed by atoms with Gasteiger partial charge < -0.3 is 0 Å². The van der Waals surface area contributed by atoms with E-state index in [-0.39, 0.29) is 0 Å². The van der Waals surface area contributed by atoms with E-state index in [1.54, 1.807) is 12.1 Å². The van der Waals surface area contributed by atoms with Gasteiger partial charge >= 0.3 is 6.18 Å². The van der Waals surface area contributed by atoms with Crippen molar-refractivity contribution in [3.8, 4) is 0 Å². The number of alkyl halides is 3. The molecule has 1 saturated carbocycles. The molecule has 0 heterocycles. The fraction of sp³-hybridized carbons (Fsp3) is 0.600. The highest BCUT2D eigenvalue weighted by molar-refractivity contribution is 5.75. The highest BCUT2D eigenvalue weighted by atomic mass is 19.4. The van der Waals surface area contributed by atoms with Crippen LogP contribution in [0.1, 0.15) is 82.3 Å². The van der Waals surface area contributed by atoms with Gasteiger partial charge in [-0.25, -0.2) is 0 Å². The molecule has 154 valence electrons. The summed E-state index contributed by atoms with van der Waals surface area (Å²) in [5.74, 6) is 2.30. The molecule has 3 rings (SSSR count). The van der Waals surface area contributed by atoms with Crippen LogP contribution >= 0.6 is 0 Å². The molecule has 3 heteroatoms. The predicted molar refractivity (Wildman–Crippen MR) is 111 cm³/mol. The summed E-state index contributed by atoms with van der Waals surface area (Å²) < 4.78 is 38.2. The van der Waals surface area contributed by atoms with Gasteiger partial charge in [0, 0.05) is 0 Å². The molecule has 0 saturated heterocycles. The summed E-state index contributed by atoms with van der Waals surface area (Å²) in [6, 6.07) is 5.53. The average Bonchev–Trinajstić information content (AvgIpc) is 2.71. The molecule has 2 aliphatic rings. The standard InChI is InChI=1S/C25H33F3/c1-2-3-4-5-6-19-7-9-20(10-8-19)21-11-13-22(14-12-21)23-15-17-24(18-16-23)25(26,27)28/h11,13-21H,2-10,12H2,1H3. The van der Waals surface area contributed by atoms with Crippen molar-refractivity contribution in [1.82, 2.24) is 0 Å². The number of benzene rings is 1. The molecular weight excluding hydrogens is 357 g/mol. The third kappa shape index (κ3) is 5.75. The summed E-state index contributed by atoms with van der Waals surface area (Å²) in [7, 11) is 0. The molecule has 0 aromatic heterocycles. The van der Waals surface area contributed by atoms with Crippen molar-refractivity contribution in [2.75, 3.05) is 0 Å². The van der Waals surface area contributed by atoms with Crippen molar-refractivity contribution in [2.24, 2.45) is 17.8 Å². The van der Waals surface area contributed by atoms with E-state index in [2.05, 4.69) is 25.2 Å². The maximum Gasteiger partial charge on any atom is 0.416 e. The molecule has 1 fully saturated rings. The Hall–Kier alpha value is -1.51. The lowest BCUT2D eigenvalue weighted by Crippen LogP contribution is -2.21. The molecule has 2 aliphatic carbocycles. The van der Waals surface area contributed by atoms with E-state index in [1.807, 2.05) is 0 Å². The lowest BCUT2D eigenvalue weighted by Gasteiger charge is -2.33. The number of unbranched alkanes of at least 4 members (excludes halogenated alkanes) is 3. The Morgan fingerprint density at radius 2 is 1.64 bits per heavy atom. The van der Waals surface area contributed by atoms with Crippen LogP contribution in [-0.4, -0.2) is 0 Å². The van der Waals surface area contributed by atoms with Crippen LogP contribution in [0.3, 0.4) is 0 Å². The van der Waals surface area contributed by atoms with Crippen LogP contribution in [0.5, 0.6) is 0 Å². The molecule has 1 aromatic carbocycles. The Labute approximate surface area is 167 Å². The summed E-state index contributed by atoms with van der Waals surface area (Å²) >= 11 is 0. The van der Waals surface area contributed by atoms with E-state index in [0.717, 1.165) is 29.4 Å². The van der Waals surface area contributed by atoms with E-state index in [1.165, 1.54) is 69.9 Å². The van der Waals surface area contributed by atoms with Crippen molar-refractivity contribution in [3.05, 3.63) is 53.6 Å². The van der Waals surface area contributed by atoms with Gasteiger partial charge in [-0.1, -0.05) is 82.2 Å². The van der Waals surface area contributed by atoms with Gasteiger partial charge in [-0.3, -0.25) is 0 Å². The summed E-state index contributed by atoms with van der Waals surface area (Å²) in [4.78, 5) is 0. The lowest BCUT2D eigenvalue weighted by atomic mass is 9.72. The highest BCUT2D eigenvalue weighted by Gasteiger charge is 2.30. The molecular formula is C25H33F3. The summed E-state index contributed by atoms with van der Waals surface area (Å²) in [6.07, 6.45) is 15.7. The third-order valence-electron chi connectivity index (χ3n) is 6.64. The monoisotopic (exact) mass is 390 g/mol. The van der Waals surface area contributed by atoms with Gasteiger partial charge in [-0.15, -0.1) is 0 Å². The molecule has 0 N–H and O–H groups in total. The van der Waals surface area contributed by atoms with Gasteiger partial charge in [-0.2, -0.15) is 13.2 Å². The Morgan fingerprint density at radius 1 is 0.929 bits per heavy atom. The topological polar surface area (TPSA) is 0 Å². The minimum Gasteiger partial charge on any atom is -0.166 e. The molecule has 0 aliphatic heterocycles. The SMILES string of the molecule is CCCCCCC1CCC(C2C=CC(c3ccc(C(F)(F)F)cc3)=CC2)CC1. The third-order valence-corrected chi connectivity index (χ3v) is 6.64. The van der Waals surface area contributed by atoms with E-state index in [0.29, 0.717) is 5.92 Å². The maximum absolute atomic E-state index is 12.7. The zero-order valence-corrected chi connectivity index (χ0v) is 17.0. The first-order valence-corrected chi connectivity index (χ1v) is 11.0. The first-order valence-electron chi connectivity index (χ1n) is 11.0. The Balaban J connectivity index is 1.46. The first-order chi connectivity index (χ1) is 13.5. The van der Waals surface area contributed by atoms with E-state index < -0.39 is 11.7 Å².